The molecular formula is C10H10FNO. The second kappa shape index (κ2) is 4.50. The van der Waals surface area contributed by atoms with Crippen molar-refractivity contribution in [2.75, 3.05) is 0 Å². The van der Waals surface area contributed by atoms with Crippen molar-refractivity contribution in [3.05, 3.63) is 35.4 Å². The van der Waals surface area contributed by atoms with E-state index >= 15 is 0 Å². The maximum Gasteiger partial charge on any atom is 0.215 e. The average Bonchev–Trinajstić information content (AvgIpc) is 2.12. The molecular weight excluding hydrogens is 169 g/mol. The van der Waals surface area contributed by atoms with Gasteiger partial charge in [0.05, 0.1) is 0 Å². The van der Waals surface area contributed by atoms with E-state index in [-0.39, 0.29) is 0 Å². The highest BCUT2D eigenvalue weighted by molar-refractivity contribution is 5.57. The van der Waals surface area contributed by atoms with Gasteiger partial charge in [-0.2, -0.15) is 4.39 Å². The average molecular weight is 179 g/mol. The Morgan fingerprint density at radius 1 is 1.62 bits per heavy atom. The predicted molar refractivity (Wildman–Crippen MR) is 48.6 cm³/mol. The molecule has 0 spiro atoms. The minimum Gasteiger partial charge on any atom is -0.303 e. The van der Waals surface area contributed by atoms with E-state index in [9.17, 15) is 9.18 Å². The zero-order chi connectivity index (χ0) is 9.68. The number of nitrogens with zero attached hydrogens (tertiary/aromatic N) is 1. The minimum absolute atomic E-state index is 0.371. The maximum absolute atomic E-state index is 12.7. The van der Waals surface area contributed by atoms with Crippen molar-refractivity contribution < 1.29 is 9.18 Å². The van der Waals surface area contributed by atoms with Crippen molar-refractivity contribution in [3.8, 4) is 0 Å². The Morgan fingerprint density at radius 2 is 2.38 bits per heavy atom. The first-order chi connectivity index (χ1) is 6.24. The summed E-state index contributed by atoms with van der Waals surface area (Å²) < 4.78 is 12.7. The summed E-state index contributed by atoms with van der Waals surface area (Å²) in [4.78, 5) is 13.5. The number of halogens is 1. The topological polar surface area (TPSA) is 30.0 Å². The molecule has 1 aromatic heterocycles. The van der Waals surface area contributed by atoms with Crippen LogP contribution in [0.1, 0.15) is 17.5 Å². The van der Waals surface area contributed by atoms with E-state index in [0.29, 0.717) is 12.0 Å². The summed E-state index contributed by atoms with van der Waals surface area (Å²) in [5.74, 6) is -0.451. The number of allylic oxidation sites excluding steroid dienone is 1. The van der Waals surface area contributed by atoms with Gasteiger partial charge in [0.25, 0.3) is 0 Å². The Morgan fingerprint density at radius 3 is 3.00 bits per heavy atom. The van der Waals surface area contributed by atoms with Gasteiger partial charge in [-0.3, -0.25) is 0 Å². The second-order valence-electron chi connectivity index (χ2n) is 2.68. The fraction of sp³-hybridized carbons (Fsp3) is 0.200. The van der Waals surface area contributed by atoms with Crippen LogP contribution in [-0.4, -0.2) is 11.3 Å². The van der Waals surface area contributed by atoms with E-state index in [0.717, 1.165) is 11.8 Å². The molecule has 1 aromatic rings. The first-order valence-corrected chi connectivity index (χ1v) is 3.96. The Labute approximate surface area is 76.1 Å². The van der Waals surface area contributed by atoms with E-state index in [1.54, 1.807) is 25.1 Å². The molecule has 3 heteroatoms. The van der Waals surface area contributed by atoms with Gasteiger partial charge in [-0.25, -0.2) is 4.98 Å². The lowest BCUT2D eigenvalue weighted by Gasteiger charge is -1.96. The van der Waals surface area contributed by atoms with E-state index in [4.69, 9.17) is 0 Å². The number of pyridine rings is 1. The fourth-order valence-corrected chi connectivity index (χ4v) is 0.931. The van der Waals surface area contributed by atoms with Crippen molar-refractivity contribution in [3.63, 3.8) is 0 Å². The summed E-state index contributed by atoms with van der Waals surface area (Å²) in [7, 11) is 0. The van der Waals surface area contributed by atoms with Gasteiger partial charge in [0.2, 0.25) is 5.95 Å². The fourth-order valence-electron chi connectivity index (χ4n) is 0.931. The number of hydrogen-bond acceptors (Lipinski definition) is 2. The Kier molecular flexibility index (Phi) is 3.31. The van der Waals surface area contributed by atoms with Crippen LogP contribution >= 0.6 is 0 Å². The number of rotatable bonds is 3. The van der Waals surface area contributed by atoms with Gasteiger partial charge in [0.15, 0.2) is 0 Å². The Balaban J connectivity index is 2.79. The van der Waals surface area contributed by atoms with Crippen molar-refractivity contribution >= 4 is 12.4 Å². The SMILES string of the molecule is Cc1cc(C=CCC=O)cnc1F. The smallest absolute Gasteiger partial charge is 0.215 e. The van der Waals surface area contributed by atoms with E-state index in [1.807, 2.05) is 0 Å². The molecule has 0 saturated carbocycles. The minimum atomic E-state index is -0.451. The second-order valence-corrected chi connectivity index (χ2v) is 2.68. The molecule has 13 heavy (non-hydrogen) atoms. The quantitative estimate of drug-likeness (QED) is 0.525. The van der Waals surface area contributed by atoms with Crippen LogP contribution < -0.4 is 0 Å². The highest BCUT2D eigenvalue weighted by Crippen LogP contribution is 2.07. The van der Waals surface area contributed by atoms with E-state index in [1.165, 1.54) is 6.20 Å². The van der Waals surface area contributed by atoms with Crippen LogP contribution in [0.25, 0.3) is 6.08 Å². The monoisotopic (exact) mass is 179 g/mol. The molecule has 0 unspecified atom stereocenters. The van der Waals surface area contributed by atoms with Gasteiger partial charge in [-0.05, 0) is 18.6 Å². The predicted octanol–water partition coefficient (Wildman–Crippen LogP) is 2.13. The third-order valence-electron chi connectivity index (χ3n) is 1.58. The molecule has 0 bridgehead atoms. The number of hydrogen-bond donors (Lipinski definition) is 0. The number of carbonyl (C=O) groups is 1. The summed E-state index contributed by atoms with van der Waals surface area (Å²) in [5.41, 5.74) is 1.31. The molecule has 1 heterocycles. The van der Waals surface area contributed by atoms with Crippen LogP contribution in [0, 0.1) is 12.9 Å². The molecule has 0 aliphatic rings. The van der Waals surface area contributed by atoms with E-state index in [2.05, 4.69) is 4.98 Å². The molecule has 0 fully saturated rings. The third-order valence-corrected chi connectivity index (χ3v) is 1.58. The summed E-state index contributed by atoms with van der Waals surface area (Å²) in [6, 6.07) is 1.68. The van der Waals surface area contributed by atoms with Crippen molar-refractivity contribution in [2.45, 2.75) is 13.3 Å². The molecule has 0 amide bonds. The first kappa shape index (κ1) is 9.58. The lowest BCUT2D eigenvalue weighted by molar-refractivity contribution is -0.107. The van der Waals surface area contributed by atoms with Crippen molar-refractivity contribution in [1.82, 2.24) is 4.98 Å². The largest absolute Gasteiger partial charge is 0.303 e. The molecule has 0 radical (unpaired) electrons. The van der Waals surface area contributed by atoms with Crippen LogP contribution in [0.4, 0.5) is 4.39 Å². The van der Waals surface area contributed by atoms with Gasteiger partial charge in [0, 0.05) is 18.2 Å². The van der Waals surface area contributed by atoms with Crippen LogP contribution in [0.15, 0.2) is 18.3 Å². The molecule has 2 nitrogen and oxygen atoms in total. The Bertz CT molecular complexity index is 334. The van der Waals surface area contributed by atoms with Gasteiger partial charge in [-0.15, -0.1) is 0 Å². The van der Waals surface area contributed by atoms with Crippen molar-refractivity contribution in [1.29, 1.82) is 0 Å². The standard InChI is InChI=1S/C10H10FNO/c1-8-6-9(4-2-3-5-13)7-12-10(8)11/h2,4-7H,3H2,1H3. The molecule has 0 aliphatic carbocycles. The number of aromatic nitrogens is 1. The summed E-state index contributed by atoms with van der Waals surface area (Å²) in [6.07, 6.45) is 6.07. The van der Waals surface area contributed by atoms with E-state index < -0.39 is 5.95 Å². The van der Waals surface area contributed by atoms with Gasteiger partial charge in [0.1, 0.15) is 6.29 Å². The lowest BCUT2D eigenvalue weighted by atomic mass is 10.2. The van der Waals surface area contributed by atoms with Crippen LogP contribution in [0.3, 0.4) is 0 Å². The summed E-state index contributed by atoms with van der Waals surface area (Å²) in [6.45, 7) is 1.65. The third kappa shape index (κ3) is 2.78. The highest BCUT2D eigenvalue weighted by Gasteiger charge is 1.96. The maximum atomic E-state index is 12.7. The number of aldehydes is 1. The normalized spacial score (nSPS) is 10.6. The van der Waals surface area contributed by atoms with Gasteiger partial charge in [-0.1, -0.05) is 12.2 Å². The molecule has 0 saturated heterocycles. The molecule has 0 N–H and O–H groups in total. The zero-order valence-corrected chi connectivity index (χ0v) is 7.33. The van der Waals surface area contributed by atoms with Gasteiger partial charge < -0.3 is 4.79 Å². The summed E-state index contributed by atoms with van der Waals surface area (Å²) in [5, 5.41) is 0. The summed E-state index contributed by atoms with van der Waals surface area (Å²) >= 11 is 0. The molecule has 1 rings (SSSR count). The molecule has 68 valence electrons. The first-order valence-electron chi connectivity index (χ1n) is 3.96. The molecule has 0 aliphatic heterocycles. The zero-order valence-electron chi connectivity index (χ0n) is 7.33. The number of aryl methyl sites for hydroxylation is 1. The highest BCUT2D eigenvalue weighted by atomic mass is 19.1. The van der Waals surface area contributed by atoms with Crippen LogP contribution in [0.5, 0.6) is 0 Å². The Hall–Kier alpha value is -1.51. The van der Waals surface area contributed by atoms with Crippen LogP contribution in [0.2, 0.25) is 0 Å². The lowest BCUT2D eigenvalue weighted by Crippen LogP contribution is -1.88. The van der Waals surface area contributed by atoms with Gasteiger partial charge >= 0.3 is 0 Å². The van der Waals surface area contributed by atoms with Crippen LogP contribution in [-0.2, 0) is 4.79 Å². The molecule has 0 atom stereocenters. The number of carbonyl (C=O) groups excluding carboxylic acids is 1. The molecule has 0 aromatic carbocycles. The van der Waals surface area contributed by atoms with Crippen molar-refractivity contribution in [2.24, 2.45) is 0 Å².